The summed E-state index contributed by atoms with van der Waals surface area (Å²) < 4.78 is 0. The van der Waals surface area contributed by atoms with E-state index in [1.165, 1.54) is 36.8 Å². The quantitative estimate of drug-likeness (QED) is 0.580. The van der Waals surface area contributed by atoms with Crippen LogP contribution in [0.3, 0.4) is 0 Å². The zero-order valence-corrected chi connectivity index (χ0v) is 13.8. The first-order valence-corrected chi connectivity index (χ1v) is 8.72. The largest absolute Gasteiger partial charge is 0.317 e. The summed E-state index contributed by atoms with van der Waals surface area (Å²) in [5.41, 5.74) is 2.84. The minimum Gasteiger partial charge on any atom is -0.317 e. The van der Waals surface area contributed by atoms with Crippen LogP contribution in [0.5, 0.6) is 0 Å². The van der Waals surface area contributed by atoms with Crippen LogP contribution in [0.4, 0.5) is 0 Å². The molecular weight excluding hydrogens is 266 g/mol. The van der Waals surface area contributed by atoms with E-state index in [4.69, 9.17) is 0 Å². The molecule has 1 nitrogen and oxygen atoms in total. The Kier molecular flexibility index (Phi) is 7.76. The van der Waals surface area contributed by atoms with Gasteiger partial charge in [-0.2, -0.15) is 0 Å². The molecular formula is C21H29N. The van der Waals surface area contributed by atoms with Crippen LogP contribution >= 0.6 is 0 Å². The van der Waals surface area contributed by atoms with E-state index in [2.05, 4.69) is 72.9 Å². The lowest BCUT2D eigenvalue weighted by Crippen LogP contribution is -2.19. The number of unbranched alkanes of at least 4 members (excludes halogenated alkanes) is 3. The summed E-state index contributed by atoms with van der Waals surface area (Å²) in [4.78, 5) is 0. The highest BCUT2D eigenvalue weighted by atomic mass is 14.8. The Labute approximate surface area is 135 Å². The number of hydrogen-bond donors (Lipinski definition) is 1. The van der Waals surface area contributed by atoms with Gasteiger partial charge in [-0.25, -0.2) is 0 Å². The summed E-state index contributed by atoms with van der Waals surface area (Å²) in [6.45, 7) is 4.49. The monoisotopic (exact) mass is 295 g/mol. The van der Waals surface area contributed by atoms with Gasteiger partial charge >= 0.3 is 0 Å². The van der Waals surface area contributed by atoms with Crippen LogP contribution < -0.4 is 5.32 Å². The van der Waals surface area contributed by atoms with Crippen LogP contribution in [0.1, 0.15) is 56.1 Å². The van der Waals surface area contributed by atoms with Crippen molar-refractivity contribution in [3.8, 4) is 0 Å². The Hall–Kier alpha value is -1.60. The molecule has 0 saturated carbocycles. The van der Waals surface area contributed by atoms with E-state index in [9.17, 15) is 0 Å². The lowest BCUT2D eigenvalue weighted by molar-refractivity contribution is 0.569. The van der Waals surface area contributed by atoms with E-state index in [0.29, 0.717) is 5.92 Å². The molecule has 0 amide bonds. The molecule has 0 saturated heterocycles. The van der Waals surface area contributed by atoms with Crippen molar-refractivity contribution in [3.05, 3.63) is 71.8 Å². The average Bonchev–Trinajstić information content (AvgIpc) is 2.59. The van der Waals surface area contributed by atoms with Crippen LogP contribution in [-0.2, 0) is 0 Å². The summed E-state index contributed by atoms with van der Waals surface area (Å²) >= 11 is 0. The highest BCUT2D eigenvalue weighted by Gasteiger charge is 2.12. The van der Waals surface area contributed by atoms with Gasteiger partial charge in [0.05, 0.1) is 0 Å². The second-order valence-corrected chi connectivity index (χ2v) is 5.97. The minimum absolute atomic E-state index is 0.491. The zero-order chi connectivity index (χ0) is 15.5. The van der Waals surface area contributed by atoms with Crippen molar-refractivity contribution in [1.82, 2.24) is 5.32 Å². The molecule has 0 spiro atoms. The van der Waals surface area contributed by atoms with Crippen LogP contribution in [0.2, 0.25) is 0 Å². The fourth-order valence-electron chi connectivity index (χ4n) is 2.94. The predicted octanol–water partition coefficient (Wildman–Crippen LogP) is 5.38. The summed E-state index contributed by atoms with van der Waals surface area (Å²) in [6.07, 6.45) is 6.48. The maximum Gasteiger partial charge on any atom is 0.0101 e. The Bertz CT molecular complexity index is 452. The SMILES string of the molecule is CCCCCCNCCC(c1ccccc1)c1ccccc1. The molecule has 1 heteroatoms. The number of hydrogen-bond acceptors (Lipinski definition) is 1. The molecule has 0 atom stereocenters. The molecule has 2 aromatic carbocycles. The molecule has 118 valence electrons. The topological polar surface area (TPSA) is 12.0 Å². The average molecular weight is 295 g/mol. The Balaban J connectivity index is 1.87. The molecule has 2 aromatic rings. The zero-order valence-electron chi connectivity index (χ0n) is 13.8. The van der Waals surface area contributed by atoms with Gasteiger partial charge in [0.2, 0.25) is 0 Å². The van der Waals surface area contributed by atoms with E-state index in [0.717, 1.165) is 19.5 Å². The smallest absolute Gasteiger partial charge is 0.0101 e. The molecule has 0 unspecified atom stereocenters. The molecule has 2 rings (SSSR count). The van der Waals surface area contributed by atoms with E-state index in [-0.39, 0.29) is 0 Å². The third-order valence-corrected chi connectivity index (χ3v) is 4.22. The number of rotatable bonds is 10. The van der Waals surface area contributed by atoms with Crippen molar-refractivity contribution >= 4 is 0 Å². The molecule has 0 aliphatic carbocycles. The minimum atomic E-state index is 0.491. The van der Waals surface area contributed by atoms with Gasteiger partial charge in [-0.15, -0.1) is 0 Å². The molecule has 0 aromatic heterocycles. The normalized spacial score (nSPS) is 11.0. The summed E-state index contributed by atoms with van der Waals surface area (Å²) in [7, 11) is 0. The highest BCUT2D eigenvalue weighted by Crippen LogP contribution is 2.27. The van der Waals surface area contributed by atoms with Crippen molar-refractivity contribution in [3.63, 3.8) is 0 Å². The first-order valence-electron chi connectivity index (χ1n) is 8.72. The van der Waals surface area contributed by atoms with Gasteiger partial charge in [0.15, 0.2) is 0 Å². The summed E-state index contributed by atoms with van der Waals surface area (Å²) in [5, 5.41) is 3.61. The predicted molar refractivity (Wildman–Crippen MR) is 96.4 cm³/mol. The van der Waals surface area contributed by atoms with E-state index >= 15 is 0 Å². The van der Waals surface area contributed by atoms with Crippen LogP contribution in [-0.4, -0.2) is 13.1 Å². The van der Waals surface area contributed by atoms with Crippen LogP contribution in [0.15, 0.2) is 60.7 Å². The Morgan fingerprint density at radius 2 is 1.32 bits per heavy atom. The molecule has 0 aliphatic heterocycles. The van der Waals surface area contributed by atoms with Gasteiger partial charge in [-0.05, 0) is 37.1 Å². The van der Waals surface area contributed by atoms with Crippen molar-refractivity contribution in [2.45, 2.75) is 44.9 Å². The third-order valence-electron chi connectivity index (χ3n) is 4.22. The second kappa shape index (κ2) is 10.2. The summed E-state index contributed by atoms with van der Waals surface area (Å²) in [5.74, 6) is 0.491. The Morgan fingerprint density at radius 3 is 1.86 bits per heavy atom. The van der Waals surface area contributed by atoms with Gasteiger partial charge in [-0.3, -0.25) is 0 Å². The van der Waals surface area contributed by atoms with Crippen LogP contribution in [0, 0.1) is 0 Å². The molecule has 0 heterocycles. The van der Waals surface area contributed by atoms with E-state index < -0.39 is 0 Å². The maximum atomic E-state index is 3.61. The molecule has 1 N–H and O–H groups in total. The molecule has 0 aliphatic rings. The maximum absolute atomic E-state index is 3.61. The van der Waals surface area contributed by atoms with Gasteiger partial charge < -0.3 is 5.32 Å². The molecule has 0 radical (unpaired) electrons. The van der Waals surface area contributed by atoms with Crippen molar-refractivity contribution in [2.24, 2.45) is 0 Å². The van der Waals surface area contributed by atoms with Gasteiger partial charge in [-0.1, -0.05) is 86.8 Å². The Morgan fingerprint density at radius 1 is 0.727 bits per heavy atom. The third kappa shape index (κ3) is 5.65. The van der Waals surface area contributed by atoms with Crippen molar-refractivity contribution in [1.29, 1.82) is 0 Å². The number of benzene rings is 2. The van der Waals surface area contributed by atoms with Crippen molar-refractivity contribution in [2.75, 3.05) is 13.1 Å². The van der Waals surface area contributed by atoms with E-state index in [1.54, 1.807) is 0 Å². The number of nitrogens with one attached hydrogen (secondary N) is 1. The van der Waals surface area contributed by atoms with E-state index in [1.807, 2.05) is 0 Å². The fourth-order valence-corrected chi connectivity index (χ4v) is 2.94. The lowest BCUT2D eigenvalue weighted by Gasteiger charge is -2.18. The summed E-state index contributed by atoms with van der Waals surface area (Å²) in [6, 6.07) is 21.8. The van der Waals surface area contributed by atoms with Crippen LogP contribution in [0.25, 0.3) is 0 Å². The van der Waals surface area contributed by atoms with Gasteiger partial charge in [0.25, 0.3) is 0 Å². The highest BCUT2D eigenvalue weighted by molar-refractivity contribution is 5.32. The molecule has 0 fully saturated rings. The first-order chi connectivity index (χ1) is 10.9. The standard InChI is InChI=1S/C21H29N/c1-2-3-4-11-17-22-18-16-21(19-12-7-5-8-13-19)20-14-9-6-10-15-20/h5-10,12-15,21-22H,2-4,11,16-18H2,1H3. The first kappa shape index (κ1) is 16.8. The fraction of sp³-hybridized carbons (Fsp3) is 0.429. The van der Waals surface area contributed by atoms with Gasteiger partial charge in [0, 0.05) is 5.92 Å². The molecule has 22 heavy (non-hydrogen) atoms. The molecule has 0 bridgehead atoms. The lowest BCUT2D eigenvalue weighted by atomic mass is 9.88. The van der Waals surface area contributed by atoms with Crippen molar-refractivity contribution < 1.29 is 0 Å². The van der Waals surface area contributed by atoms with Gasteiger partial charge in [0.1, 0.15) is 0 Å². The second-order valence-electron chi connectivity index (χ2n) is 5.97.